The molecule has 28 heavy (non-hydrogen) atoms. The van der Waals surface area contributed by atoms with Crippen molar-refractivity contribution in [2.75, 3.05) is 6.61 Å². The molecular weight excluding hydrogens is 340 g/mol. The van der Waals surface area contributed by atoms with Crippen LogP contribution in [0.25, 0.3) is 11.1 Å². The first-order valence-electron chi connectivity index (χ1n) is 10.8. The Morgan fingerprint density at radius 1 is 1.04 bits per heavy atom. The molecule has 0 aromatic heterocycles. The summed E-state index contributed by atoms with van der Waals surface area (Å²) in [7, 11) is 0. The molecule has 2 aromatic rings. The van der Waals surface area contributed by atoms with Gasteiger partial charge < -0.3 is 5.11 Å². The Morgan fingerprint density at radius 2 is 1.71 bits per heavy atom. The molecule has 0 unspecified atom stereocenters. The summed E-state index contributed by atoms with van der Waals surface area (Å²) >= 11 is 0. The second-order valence-electron chi connectivity index (χ2n) is 8.67. The molecule has 0 saturated heterocycles. The van der Waals surface area contributed by atoms with Crippen LogP contribution < -0.4 is 0 Å². The zero-order valence-corrected chi connectivity index (χ0v) is 17.0. The van der Waals surface area contributed by atoms with Crippen molar-refractivity contribution < 1.29 is 5.11 Å². The smallest absolute Gasteiger partial charge is 0.0431 e. The molecule has 0 amide bonds. The molecule has 0 bridgehead atoms. The van der Waals surface area contributed by atoms with Gasteiger partial charge in [-0.05, 0) is 72.6 Å². The number of unbranched alkanes of at least 4 members (excludes halogenated alkanes) is 1. The summed E-state index contributed by atoms with van der Waals surface area (Å²) in [6.07, 6.45) is 6.70. The van der Waals surface area contributed by atoms with E-state index in [-0.39, 0.29) is 12.0 Å². The summed E-state index contributed by atoms with van der Waals surface area (Å²) in [5.74, 6) is 1.36. The third kappa shape index (κ3) is 3.16. The number of aliphatic hydroxyl groups excluding tert-OH is 1. The van der Waals surface area contributed by atoms with Crippen LogP contribution in [0.5, 0.6) is 0 Å². The molecule has 1 heteroatoms. The predicted octanol–water partition coefficient (Wildman–Crippen LogP) is 6.75. The quantitative estimate of drug-likeness (QED) is 0.533. The lowest BCUT2D eigenvalue weighted by atomic mass is 9.66. The first kappa shape index (κ1) is 19.2. The van der Waals surface area contributed by atoms with Gasteiger partial charge in [0.2, 0.25) is 0 Å². The summed E-state index contributed by atoms with van der Waals surface area (Å²) in [5, 5.41) is 9.28. The number of fused-ring (bicyclic) bond motifs is 1. The highest BCUT2D eigenvalue weighted by molar-refractivity contribution is 5.90. The summed E-state index contributed by atoms with van der Waals surface area (Å²) in [5.41, 5.74) is 7.17. The van der Waals surface area contributed by atoms with Gasteiger partial charge >= 0.3 is 0 Å². The third-order valence-electron chi connectivity index (χ3n) is 7.19. The minimum atomic E-state index is 0.0523. The van der Waals surface area contributed by atoms with Crippen LogP contribution in [0.2, 0.25) is 0 Å². The summed E-state index contributed by atoms with van der Waals surface area (Å²) in [6, 6.07) is 21.8. The highest BCUT2D eigenvalue weighted by Crippen LogP contribution is 2.67. The van der Waals surface area contributed by atoms with Gasteiger partial charge in [0.15, 0.2) is 0 Å². The fourth-order valence-corrected chi connectivity index (χ4v) is 5.86. The highest BCUT2D eigenvalue weighted by Gasteiger charge is 2.55. The van der Waals surface area contributed by atoms with Gasteiger partial charge in [0.25, 0.3) is 0 Å². The Bertz CT molecular complexity index is 848. The first-order valence-corrected chi connectivity index (χ1v) is 10.8. The van der Waals surface area contributed by atoms with Crippen LogP contribution in [0, 0.1) is 17.3 Å². The van der Waals surface area contributed by atoms with E-state index >= 15 is 0 Å². The van der Waals surface area contributed by atoms with Gasteiger partial charge in [-0.2, -0.15) is 0 Å². The molecule has 2 aliphatic rings. The van der Waals surface area contributed by atoms with Gasteiger partial charge in [-0.3, -0.25) is 0 Å². The lowest BCUT2D eigenvalue weighted by molar-refractivity contribution is 0.284. The van der Waals surface area contributed by atoms with E-state index in [1.165, 1.54) is 36.0 Å². The van der Waals surface area contributed by atoms with Crippen LogP contribution in [0.1, 0.15) is 56.6 Å². The molecule has 1 N–H and O–H groups in total. The molecule has 0 radical (unpaired) electrons. The number of allylic oxidation sites excluding steroid dienone is 3. The number of rotatable bonds is 7. The van der Waals surface area contributed by atoms with E-state index in [0.717, 1.165) is 25.2 Å². The number of aliphatic hydroxyl groups is 1. The van der Waals surface area contributed by atoms with Crippen LogP contribution in [-0.4, -0.2) is 11.7 Å². The van der Waals surface area contributed by atoms with Crippen molar-refractivity contribution >= 4 is 11.1 Å². The van der Waals surface area contributed by atoms with Crippen LogP contribution in [0.4, 0.5) is 0 Å². The molecule has 2 aliphatic carbocycles. The monoisotopic (exact) mass is 372 g/mol. The number of benzene rings is 2. The minimum Gasteiger partial charge on any atom is -0.396 e. The molecule has 0 aliphatic heterocycles. The fraction of sp³-hybridized carbons (Fsp3) is 0.407. The molecule has 2 aromatic carbocycles. The summed E-state index contributed by atoms with van der Waals surface area (Å²) in [6.45, 7) is 7.43. The molecule has 146 valence electrons. The summed E-state index contributed by atoms with van der Waals surface area (Å²) < 4.78 is 0. The Balaban J connectivity index is 1.85. The van der Waals surface area contributed by atoms with E-state index in [2.05, 4.69) is 67.6 Å². The second kappa shape index (κ2) is 8.09. The Kier molecular flexibility index (Phi) is 5.55. The van der Waals surface area contributed by atoms with Crippen LogP contribution >= 0.6 is 0 Å². The normalized spacial score (nSPS) is 26.5. The average molecular weight is 373 g/mol. The van der Waals surface area contributed by atoms with Crippen molar-refractivity contribution in [3.05, 3.63) is 83.9 Å². The average Bonchev–Trinajstić information content (AvgIpc) is 3.24. The van der Waals surface area contributed by atoms with Crippen LogP contribution in [-0.2, 0) is 0 Å². The zero-order valence-electron chi connectivity index (χ0n) is 17.0. The number of hydrogen-bond donors (Lipinski definition) is 1. The fourth-order valence-electron chi connectivity index (χ4n) is 5.86. The molecule has 1 nitrogen and oxygen atoms in total. The Morgan fingerprint density at radius 3 is 2.39 bits per heavy atom. The predicted molar refractivity (Wildman–Crippen MR) is 119 cm³/mol. The molecule has 4 rings (SSSR count). The largest absolute Gasteiger partial charge is 0.396 e. The first-order chi connectivity index (χ1) is 13.7. The highest BCUT2D eigenvalue weighted by atomic mass is 16.2. The topological polar surface area (TPSA) is 20.2 Å². The van der Waals surface area contributed by atoms with Gasteiger partial charge in [0.05, 0.1) is 0 Å². The van der Waals surface area contributed by atoms with Crippen molar-refractivity contribution in [1.82, 2.24) is 0 Å². The van der Waals surface area contributed by atoms with Crippen molar-refractivity contribution in [3.63, 3.8) is 0 Å². The Hall–Kier alpha value is -2.12. The van der Waals surface area contributed by atoms with E-state index in [4.69, 9.17) is 6.58 Å². The van der Waals surface area contributed by atoms with Crippen molar-refractivity contribution in [2.24, 2.45) is 17.3 Å². The van der Waals surface area contributed by atoms with Crippen LogP contribution in [0.15, 0.2) is 72.8 Å². The van der Waals surface area contributed by atoms with Gasteiger partial charge in [0.1, 0.15) is 0 Å². The van der Waals surface area contributed by atoms with Crippen molar-refractivity contribution in [2.45, 2.75) is 45.4 Å². The minimum absolute atomic E-state index is 0.0523. The SMILES string of the molecule is C=C(c1ccccc1)[C@@]12CC[C@@H](C)[C@@H]1CC(CCCCO)=C2c1ccccc1. The Labute approximate surface area is 169 Å². The molecule has 0 heterocycles. The molecule has 1 fully saturated rings. The maximum atomic E-state index is 9.28. The lowest BCUT2D eigenvalue weighted by Crippen LogP contribution is -2.26. The molecule has 3 atom stereocenters. The lowest BCUT2D eigenvalue weighted by Gasteiger charge is -2.37. The van der Waals surface area contributed by atoms with E-state index in [1.54, 1.807) is 11.1 Å². The van der Waals surface area contributed by atoms with Gasteiger partial charge in [0, 0.05) is 12.0 Å². The van der Waals surface area contributed by atoms with E-state index < -0.39 is 0 Å². The molecule has 0 spiro atoms. The van der Waals surface area contributed by atoms with E-state index in [0.29, 0.717) is 5.92 Å². The molecular formula is C27H32O. The van der Waals surface area contributed by atoms with E-state index in [1.807, 2.05) is 0 Å². The third-order valence-corrected chi connectivity index (χ3v) is 7.19. The second-order valence-corrected chi connectivity index (χ2v) is 8.67. The number of hydrogen-bond acceptors (Lipinski definition) is 1. The summed E-state index contributed by atoms with van der Waals surface area (Å²) in [4.78, 5) is 0. The standard InChI is InChI=1S/C27H32O/c1-20-16-17-27(21(2)22-11-5-3-6-12-22)25(20)19-24(15-9-10-18-28)26(27)23-13-7-4-8-14-23/h3-8,11-14,20,25,28H,2,9-10,15-19H2,1H3/t20-,25+,27+/m1/s1. The molecule has 1 saturated carbocycles. The zero-order chi connectivity index (χ0) is 19.6. The van der Waals surface area contributed by atoms with E-state index in [9.17, 15) is 5.11 Å². The maximum absolute atomic E-state index is 9.28. The van der Waals surface area contributed by atoms with Gasteiger partial charge in [-0.15, -0.1) is 0 Å². The van der Waals surface area contributed by atoms with Crippen molar-refractivity contribution in [3.8, 4) is 0 Å². The van der Waals surface area contributed by atoms with Crippen molar-refractivity contribution in [1.29, 1.82) is 0 Å². The maximum Gasteiger partial charge on any atom is 0.0431 e. The van der Waals surface area contributed by atoms with Gasteiger partial charge in [-0.25, -0.2) is 0 Å². The van der Waals surface area contributed by atoms with Gasteiger partial charge in [-0.1, -0.05) is 79.7 Å². The van der Waals surface area contributed by atoms with Crippen LogP contribution in [0.3, 0.4) is 0 Å².